The normalized spacial score (nSPS) is 22.9. The summed E-state index contributed by atoms with van der Waals surface area (Å²) < 4.78 is 5.48. The van der Waals surface area contributed by atoms with Crippen molar-refractivity contribution in [3.8, 4) is 0 Å². The van der Waals surface area contributed by atoms with E-state index in [1.165, 1.54) is 39.0 Å². The maximum absolute atomic E-state index is 5.48. The van der Waals surface area contributed by atoms with Crippen LogP contribution in [-0.2, 0) is 4.74 Å². The van der Waals surface area contributed by atoms with Crippen molar-refractivity contribution in [1.29, 1.82) is 0 Å². The number of hydrogen-bond acceptors (Lipinski definition) is 3. The lowest BCUT2D eigenvalue weighted by atomic mass is 9.96. The summed E-state index contributed by atoms with van der Waals surface area (Å²) in [6.45, 7) is 12.5. The molecule has 0 aromatic rings. The van der Waals surface area contributed by atoms with Crippen LogP contribution < -0.4 is 5.32 Å². The second-order valence-electron chi connectivity index (χ2n) is 5.83. The van der Waals surface area contributed by atoms with Crippen LogP contribution in [0.1, 0.15) is 40.0 Å². The van der Waals surface area contributed by atoms with Crippen LogP contribution in [0, 0.1) is 5.92 Å². The number of rotatable bonds is 7. The summed E-state index contributed by atoms with van der Waals surface area (Å²) in [5.41, 5.74) is 0.0224. The quantitative estimate of drug-likeness (QED) is 0.740. The molecule has 0 radical (unpaired) electrons. The van der Waals surface area contributed by atoms with E-state index in [9.17, 15) is 0 Å². The lowest BCUT2D eigenvalue weighted by molar-refractivity contribution is 0.00417. The average Bonchev–Trinajstić information content (AvgIpc) is 2.35. The van der Waals surface area contributed by atoms with Crippen LogP contribution in [0.25, 0.3) is 0 Å². The number of likely N-dealkylation sites (tertiary alicyclic amines) is 1. The minimum Gasteiger partial charge on any atom is -0.379 e. The largest absolute Gasteiger partial charge is 0.379 e. The third kappa shape index (κ3) is 5.84. The maximum Gasteiger partial charge on any atom is 0.0634 e. The van der Waals surface area contributed by atoms with Crippen molar-refractivity contribution in [1.82, 2.24) is 10.2 Å². The van der Waals surface area contributed by atoms with Crippen molar-refractivity contribution < 1.29 is 4.74 Å². The van der Waals surface area contributed by atoms with Gasteiger partial charge in [-0.1, -0.05) is 6.92 Å². The molecule has 1 aliphatic heterocycles. The zero-order valence-electron chi connectivity index (χ0n) is 12.1. The van der Waals surface area contributed by atoms with Crippen LogP contribution in [0.3, 0.4) is 0 Å². The van der Waals surface area contributed by atoms with Gasteiger partial charge < -0.3 is 15.0 Å². The molecule has 1 rings (SSSR count). The second-order valence-corrected chi connectivity index (χ2v) is 5.83. The predicted molar refractivity (Wildman–Crippen MR) is 73.4 cm³/mol. The standard InChI is InChI=1S/C14H30N2O/c1-5-15-11-13-7-6-9-16(12-13)10-8-14(2,3)17-4/h13,15H,5-12H2,1-4H3. The Morgan fingerprint density at radius 3 is 2.82 bits per heavy atom. The molecular weight excluding hydrogens is 212 g/mol. The second kappa shape index (κ2) is 7.34. The lowest BCUT2D eigenvalue weighted by Crippen LogP contribution is -2.41. The third-order valence-corrected chi connectivity index (χ3v) is 3.87. The van der Waals surface area contributed by atoms with E-state index in [-0.39, 0.29) is 5.60 Å². The molecule has 1 aliphatic rings. The van der Waals surface area contributed by atoms with E-state index in [1.807, 2.05) is 7.11 Å². The molecule has 0 amide bonds. The minimum atomic E-state index is 0.0224. The average molecular weight is 242 g/mol. The fourth-order valence-electron chi connectivity index (χ4n) is 2.40. The van der Waals surface area contributed by atoms with E-state index in [1.54, 1.807) is 0 Å². The van der Waals surface area contributed by atoms with E-state index >= 15 is 0 Å². The molecule has 1 heterocycles. The zero-order chi connectivity index (χ0) is 12.7. The Bertz CT molecular complexity index is 206. The molecule has 0 aliphatic carbocycles. The van der Waals surface area contributed by atoms with Gasteiger partial charge in [-0.05, 0) is 58.7 Å². The Balaban J connectivity index is 2.24. The topological polar surface area (TPSA) is 24.5 Å². The number of piperidine rings is 1. The molecule has 1 fully saturated rings. The van der Waals surface area contributed by atoms with Crippen molar-refractivity contribution in [2.45, 2.75) is 45.6 Å². The Hall–Kier alpha value is -0.120. The van der Waals surface area contributed by atoms with Crippen LogP contribution in [0.2, 0.25) is 0 Å². The van der Waals surface area contributed by atoms with E-state index in [4.69, 9.17) is 4.74 Å². The molecule has 3 heteroatoms. The summed E-state index contributed by atoms with van der Waals surface area (Å²) >= 11 is 0. The molecule has 102 valence electrons. The molecular formula is C14H30N2O. The summed E-state index contributed by atoms with van der Waals surface area (Å²) in [5.74, 6) is 0.842. The Kier molecular flexibility index (Phi) is 6.45. The first kappa shape index (κ1) is 14.9. The summed E-state index contributed by atoms with van der Waals surface area (Å²) in [7, 11) is 1.81. The van der Waals surface area contributed by atoms with E-state index in [2.05, 4.69) is 31.0 Å². The highest BCUT2D eigenvalue weighted by atomic mass is 16.5. The summed E-state index contributed by atoms with van der Waals surface area (Å²) in [6, 6.07) is 0. The first-order chi connectivity index (χ1) is 8.07. The van der Waals surface area contributed by atoms with Gasteiger partial charge in [-0.3, -0.25) is 0 Å². The Morgan fingerprint density at radius 1 is 1.41 bits per heavy atom. The number of ether oxygens (including phenoxy) is 1. The Morgan fingerprint density at radius 2 is 2.18 bits per heavy atom. The molecule has 17 heavy (non-hydrogen) atoms. The molecule has 3 nitrogen and oxygen atoms in total. The zero-order valence-corrected chi connectivity index (χ0v) is 12.1. The molecule has 0 bridgehead atoms. The van der Waals surface area contributed by atoms with E-state index in [0.29, 0.717) is 0 Å². The number of nitrogens with one attached hydrogen (secondary N) is 1. The summed E-state index contributed by atoms with van der Waals surface area (Å²) in [5, 5.41) is 3.47. The lowest BCUT2D eigenvalue weighted by Gasteiger charge is -2.35. The Labute approximate surface area is 107 Å². The van der Waals surface area contributed by atoms with Crippen molar-refractivity contribution in [2.24, 2.45) is 5.92 Å². The highest BCUT2D eigenvalue weighted by molar-refractivity contribution is 4.77. The monoisotopic (exact) mass is 242 g/mol. The highest BCUT2D eigenvalue weighted by Crippen LogP contribution is 2.19. The van der Waals surface area contributed by atoms with Crippen LogP contribution in [0.15, 0.2) is 0 Å². The molecule has 1 atom stereocenters. The van der Waals surface area contributed by atoms with Crippen molar-refractivity contribution >= 4 is 0 Å². The van der Waals surface area contributed by atoms with Gasteiger partial charge in [-0.15, -0.1) is 0 Å². The van der Waals surface area contributed by atoms with E-state index < -0.39 is 0 Å². The smallest absolute Gasteiger partial charge is 0.0634 e. The van der Waals surface area contributed by atoms with Gasteiger partial charge in [0.15, 0.2) is 0 Å². The van der Waals surface area contributed by atoms with Gasteiger partial charge in [0.2, 0.25) is 0 Å². The fourth-order valence-corrected chi connectivity index (χ4v) is 2.40. The summed E-state index contributed by atoms with van der Waals surface area (Å²) in [6.07, 6.45) is 3.86. The molecule has 0 aromatic carbocycles. The van der Waals surface area contributed by atoms with Crippen LogP contribution >= 0.6 is 0 Å². The molecule has 0 aromatic heterocycles. The third-order valence-electron chi connectivity index (χ3n) is 3.87. The van der Waals surface area contributed by atoms with Crippen molar-refractivity contribution in [2.75, 3.05) is 39.8 Å². The van der Waals surface area contributed by atoms with Gasteiger partial charge in [0.25, 0.3) is 0 Å². The maximum atomic E-state index is 5.48. The van der Waals surface area contributed by atoms with Crippen molar-refractivity contribution in [3.05, 3.63) is 0 Å². The number of methoxy groups -OCH3 is 1. The molecule has 1 saturated heterocycles. The number of hydrogen-bond donors (Lipinski definition) is 1. The van der Waals surface area contributed by atoms with Gasteiger partial charge in [0, 0.05) is 20.2 Å². The molecule has 1 N–H and O–H groups in total. The summed E-state index contributed by atoms with van der Waals surface area (Å²) in [4.78, 5) is 2.60. The fraction of sp³-hybridized carbons (Fsp3) is 1.00. The molecule has 0 spiro atoms. The minimum absolute atomic E-state index is 0.0224. The van der Waals surface area contributed by atoms with Gasteiger partial charge in [-0.25, -0.2) is 0 Å². The van der Waals surface area contributed by atoms with Crippen LogP contribution in [-0.4, -0.2) is 50.3 Å². The van der Waals surface area contributed by atoms with Gasteiger partial charge in [0.05, 0.1) is 5.60 Å². The molecule has 0 saturated carbocycles. The van der Waals surface area contributed by atoms with Crippen LogP contribution in [0.4, 0.5) is 0 Å². The van der Waals surface area contributed by atoms with Gasteiger partial charge in [-0.2, -0.15) is 0 Å². The van der Waals surface area contributed by atoms with E-state index in [0.717, 1.165) is 18.9 Å². The van der Waals surface area contributed by atoms with Gasteiger partial charge in [0.1, 0.15) is 0 Å². The first-order valence-corrected chi connectivity index (χ1v) is 7.05. The highest BCUT2D eigenvalue weighted by Gasteiger charge is 2.22. The molecule has 1 unspecified atom stereocenters. The number of nitrogens with zero attached hydrogens (tertiary/aromatic N) is 1. The first-order valence-electron chi connectivity index (χ1n) is 7.05. The van der Waals surface area contributed by atoms with Crippen molar-refractivity contribution in [3.63, 3.8) is 0 Å². The van der Waals surface area contributed by atoms with Gasteiger partial charge >= 0.3 is 0 Å². The predicted octanol–water partition coefficient (Wildman–Crippen LogP) is 2.12. The SMILES string of the molecule is CCNCC1CCCN(CCC(C)(C)OC)C1. The van der Waals surface area contributed by atoms with Crippen LogP contribution in [0.5, 0.6) is 0 Å².